The van der Waals surface area contributed by atoms with Gasteiger partial charge in [0.15, 0.2) is 23.2 Å². The number of aliphatic hydroxyl groups is 3. The summed E-state index contributed by atoms with van der Waals surface area (Å²) in [6.07, 6.45) is -2.75. The molecule has 250 valence electrons. The SMILES string of the molecule is CN(C(=O)OC(C)(C)C)C1CCN(c2nc(NCC(c3ccccc3)c3ccccc3)c3ncn([C@@H]4O[C@H](CO)[C@@H](O)[C@H]4O)c3n2)C1. The molecule has 4 aromatic rings. The van der Waals surface area contributed by atoms with Gasteiger partial charge in [0.05, 0.1) is 19.0 Å². The lowest BCUT2D eigenvalue weighted by molar-refractivity contribution is -0.0511. The van der Waals surface area contributed by atoms with Crippen LogP contribution in [0.5, 0.6) is 0 Å². The quantitative estimate of drug-likeness (QED) is 0.212. The number of benzene rings is 2. The van der Waals surface area contributed by atoms with Crippen molar-refractivity contribution in [1.29, 1.82) is 0 Å². The molecule has 2 saturated heterocycles. The molecule has 2 aromatic carbocycles. The Morgan fingerprint density at radius 2 is 1.72 bits per heavy atom. The highest BCUT2D eigenvalue weighted by Gasteiger charge is 2.44. The zero-order valence-electron chi connectivity index (χ0n) is 27.1. The molecule has 2 aromatic heterocycles. The van der Waals surface area contributed by atoms with Crippen LogP contribution in [-0.2, 0) is 9.47 Å². The summed E-state index contributed by atoms with van der Waals surface area (Å²) in [5.41, 5.74) is 2.53. The van der Waals surface area contributed by atoms with Crippen LogP contribution in [0.4, 0.5) is 16.6 Å². The van der Waals surface area contributed by atoms with E-state index in [0.717, 1.165) is 11.1 Å². The van der Waals surface area contributed by atoms with Crippen molar-refractivity contribution in [2.24, 2.45) is 0 Å². The Labute approximate surface area is 273 Å². The normalized spacial score (nSPS) is 23.1. The molecular weight excluding hydrogens is 602 g/mol. The van der Waals surface area contributed by atoms with Gasteiger partial charge in [-0.15, -0.1) is 0 Å². The Hall–Kier alpha value is -4.30. The van der Waals surface area contributed by atoms with E-state index in [1.54, 1.807) is 16.5 Å². The molecule has 1 amide bonds. The number of anilines is 2. The Bertz CT molecular complexity index is 1620. The van der Waals surface area contributed by atoms with E-state index in [4.69, 9.17) is 19.4 Å². The molecule has 0 radical (unpaired) electrons. The number of imidazole rings is 1. The minimum atomic E-state index is -1.31. The van der Waals surface area contributed by atoms with E-state index >= 15 is 0 Å². The van der Waals surface area contributed by atoms with Crippen LogP contribution >= 0.6 is 0 Å². The van der Waals surface area contributed by atoms with E-state index in [1.807, 2.05) is 62.1 Å². The monoisotopic (exact) mass is 645 g/mol. The van der Waals surface area contributed by atoms with E-state index < -0.39 is 42.8 Å². The van der Waals surface area contributed by atoms with Crippen LogP contribution in [0.15, 0.2) is 67.0 Å². The van der Waals surface area contributed by atoms with Gasteiger partial charge in [-0.25, -0.2) is 9.78 Å². The van der Waals surface area contributed by atoms with Gasteiger partial charge in [0.25, 0.3) is 0 Å². The van der Waals surface area contributed by atoms with Gasteiger partial charge in [0, 0.05) is 32.6 Å². The van der Waals surface area contributed by atoms with Gasteiger partial charge >= 0.3 is 6.09 Å². The molecule has 0 spiro atoms. The number of amides is 1. The van der Waals surface area contributed by atoms with Gasteiger partial charge in [-0.3, -0.25) is 4.57 Å². The van der Waals surface area contributed by atoms with Crippen LogP contribution in [0.3, 0.4) is 0 Å². The van der Waals surface area contributed by atoms with Crippen LogP contribution < -0.4 is 10.2 Å². The molecule has 13 nitrogen and oxygen atoms in total. The lowest BCUT2D eigenvalue weighted by Gasteiger charge is -2.28. The molecule has 47 heavy (non-hydrogen) atoms. The second kappa shape index (κ2) is 13.4. The van der Waals surface area contributed by atoms with Gasteiger partial charge in [-0.1, -0.05) is 60.7 Å². The fourth-order valence-electron chi connectivity index (χ4n) is 6.19. The molecule has 2 fully saturated rings. The zero-order chi connectivity index (χ0) is 33.3. The Kier molecular flexibility index (Phi) is 9.33. The van der Waals surface area contributed by atoms with Crippen molar-refractivity contribution in [1.82, 2.24) is 24.4 Å². The fourth-order valence-corrected chi connectivity index (χ4v) is 6.19. The highest BCUT2D eigenvalue weighted by molar-refractivity contribution is 5.84. The summed E-state index contributed by atoms with van der Waals surface area (Å²) in [6, 6.07) is 20.3. The van der Waals surface area contributed by atoms with Crippen molar-refractivity contribution in [2.75, 3.05) is 43.5 Å². The minimum absolute atomic E-state index is 0.00652. The van der Waals surface area contributed by atoms with Gasteiger partial charge in [-0.05, 0) is 38.3 Å². The Morgan fingerprint density at radius 1 is 1.06 bits per heavy atom. The Morgan fingerprint density at radius 3 is 2.32 bits per heavy atom. The predicted molar refractivity (Wildman–Crippen MR) is 176 cm³/mol. The average Bonchev–Trinajstić information content (AvgIpc) is 3.79. The molecule has 5 atom stereocenters. The van der Waals surface area contributed by atoms with Crippen LogP contribution in [0.2, 0.25) is 0 Å². The van der Waals surface area contributed by atoms with Crippen molar-refractivity contribution in [2.45, 2.75) is 69.3 Å². The van der Waals surface area contributed by atoms with Crippen molar-refractivity contribution in [3.63, 3.8) is 0 Å². The summed E-state index contributed by atoms with van der Waals surface area (Å²) in [7, 11) is 1.74. The zero-order valence-corrected chi connectivity index (χ0v) is 27.1. The van der Waals surface area contributed by atoms with Gasteiger partial charge in [-0.2, -0.15) is 9.97 Å². The first-order chi connectivity index (χ1) is 22.5. The van der Waals surface area contributed by atoms with E-state index in [0.29, 0.717) is 49.0 Å². The molecule has 2 aliphatic rings. The maximum atomic E-state index is 12.8. The van der Waals surface area contributed by atoms with Crippen molar-refractivity contribution in [3.8, 4) is 0 Å². The summed E-state index contributed by atoms with van der Waals surface area (Å²) in [6.45, 7) is 6.66. The third-order valence-electron chi connectivity index (χ3n) is 8.75. The third-order valence-corrected chi connectivity index (χ3v) is 8.75. The standard InChI is InChI=1S/C34H43N7O6/c1-34(2,3)47-33(45)39(4)23-15-16-40(18-23)32-37-29(35-17-24(21-11-7-5-8-12-21)22-13-9-6-10-14-22)26-30(38-32)41(20-36-26)31-28(44)27(43)25(19-42)46-31/h5-14,20,23-25,27-28,31,42-44H,15-19H2,1-4H3,(H,35,37,38)/t23?,25-,27-,28-,31-/m1/s1. The maximum Gasteiger partial charge on any atom is 0.410 e. The number of aromatic nitrogens is 4. The van der Waals surface area contributed by atoms with Crippen LogP contribution in [0.25, 0.3) is 11.2 Å². The number of carbonyl (C=O) groups excluding carboxylic acids is 1. The summed E-state index contributed by atoms with van der Waals surface area (Å²) in [5, 5.41) is 34.6. The average molecular weight is 646 g/mol. The molecular formula is C34H43N7O6. The topological polar surface area (TPSA) is 158 Å². The Balaban J connectivity index is 1.34. The lowest BCUT2D eigenvalue weighted by Crippen LogP contribution is -2.42. The molecule has 1 unspecified atom stereocenters. The molecule has 0 aliphatic carbocycles. The minimum Gasteiger partial charge on any atom is -0.444 e. The number of ether oxygens (including phenoxy) is 2. The molecule has 0 bridgehead atoms. The smallest absolute Gasteiger partial charge is 0.410 e. The van der Waals surface area contributed by atoms with Crippen LogP contribution in [0, 0.1) is 0 Å². The predicted octanol–water partition coefficient (Wildman–Crippen LogP) is 3.13. The van der Waals surface area contributed by atoms with E-state index in [2.05, 4.69) is 34.6 Å². The number of fused-ring (bicyclic) bond motifs is 1. The van der Waals surface area contributed by atoms with Gasteiger partial charge in [0.2, 0.25) is 5.95 Å². The van der Waals surface area contributed by atoms with Gasteiger partial charge in [0.1, 0.15) is 23.9 Å². The summed E-state index contributed by atoms with van der Waals surface area (Å²) in [4.78, 5) is 30.9. The number of likely N-dealkylation sites (N-methyl/N-ethyl adjacent to an activating group) is 1. The van der Waals surface area contributed by atoms with Gasteiger partial charge < -0.3 is 39.9 Å². The van der Waals surface area contributed by atoms with Crippen LogP contribution in [-0.4, -0.2) is 109 Å². The first-order valence-corrected chi connectivity index (χ1v) is 16.0. The summed E-state index contributed by atoms with van der Waals surface area (Å²) < 4.78 is 13.0. The highest BCUT2D eigenvalue weighted by Crippen LogP contribution is 2.34. The number of hydrogen-bond donors (Lipinski definition) is 4. The van der Waals surface area contributed by atoms with E-state index in [9.17, 15) is 20.1 Å². The van der Waals surface area contributed by atoms with Crippen LogP contribution in [0.1, 0.15) is 50.5 Å². The summed E-state index contributed by atoms with van der Waals surface area (Å²) in [5.74, 6) is 0.924. The molecule has 6 rings (SSSR count). The van der Waals surface area contributed by atoms with E-state index in [1.165, 1.54) is 6.33 Å². The molecule has 2 aliphatic heterocycles. The largest absolute Gasteiger partial charge is 0.444 e. The lowest BCUT2D eigenvalue weighted by atomic mass is 9.91. The number of nitrogens with zero attached hydrogens (tertiary/aromatic N) is 6. The number of carbonyl (C=O) groups is 1. The molecule has 4 N–H and O–H groups in total. The first-order valence-electron chi connectivity index (χ1n) is 16.0. The van der Waals surface area contributed by atoms with Crippen molar-refractivity contribution < 1.29 is 29.6 Å². The van der Waals surface area contributed by atoms with Crippen molar-refractivity contribution >= 4 is 29.0 Å². The molecule has 0 saturated carbocycles. The fraction of sp³-hybridized carbons (Fsp3) is 0.471. The highest BCUT2D eigenvalue weighted by atomic mass is 16.6. The second-order valence-electron chi connectivity index (χ2n) is 13.2. The number of rotatable bonds is 9. The number of nitrogens with one attached hydrogen (secondary N) is 1. The number of hydrogen-bond acceptors (Lipinski definition) is 11. The van der Waals surface area contributed by atoms with E-state index in [-0.39, 0.29) is 12.0 Å². The number of aliphatic hydroxyl groups excluding tert-OH is 3. The molecule has 4 heterocycles. The summed E-state index contributed by atoms with van der Waals surface area (Å²) >= 11 is 0. The molecule has 13 heteroatoms. The van der Waals surface area contributed by atoms with Crippen molar-refractivity contribution in [3.05, 3.63) is 78.1 Å². The maximum absolute atomic E-state index is 12.8. The first kappa shape index (κ1) is 32.6. The second-order valence-corrected chi connectivity index (χ2v) is 13.2. The third kappa shape index (κ3) is 6.89.